The maximum absolute atomic E-state index is 12.9. The van der Waals surface area contributed by atoms with Crippen molar-refractivity contribution in [2.45, 2.75) is 38.1 Å². The van der Waals surface area contributed by atoms with Crippen LogP contribution in [0, 0.1) is 11.8 Å². The van der Waals surface area contributed by atoms with Gasteiger partial charge in [-0.15, -0.1) is 0 Å². The topological polar surface area (TPSA) is 104 Å². The molecular weight excluding hydrogens is 344 g/mol. The van der Waals surface area contributed by atoms with E-state index in [9.17, 15) is 18.0 Å². The Kier molecular flexibility index (Phi) is 5.84. The lowest BCUT2D eigenvalue weighted by Crippen LogP contribution is -2.42. The number of carbonyl (C=O) groups is 2. The van der Waals surface area contributed by atoms with Gasteiger partial charge in [-0.3, -0.25) is 9.59 Å². The summed E-state index contributed by atoms with van der Waals surface area (Å²) in [6.45, 7) is 6.31. The predicted octanol–water partition coefficient (Wildman–Crippen LogP) is 1.56. The van der Waals surface area contributed by atoms with E-state index in [2.05, 4.69) is 5.32 Å². The number of rotatable bonds is 5. The summed E-state index contributed by atoms with van der Waals surface area (Å²) >= 11 is 0. The van der Waals surface area contributed by atoms with Gasteiger partial charge in [-0.2, -0.15) is 4.31 Å². The van der Waals surface area contributed by atoms with Crippen LogP contribution in [-0.4, -0.2) is 48.8 Å². The van der Waals surface area contributed by atoms with Crippen LogP contribution in [0.5, 0.6) is 0 Å². The number of nitrogens with one attached hydrogen (secondary N) is 1. The molecule has 1 aromatic carbocycles. The van der Waals surface area contributed by atoms with Crippen molar-refractivity contribution in [3.63, 3.8) is 0 Å². The van der Waals surface area contributed by atoms with Crippen LogP contribution < -0.4 is 5.32 Å². The third-order valence-corrected chi connectivity index (χ3v) is 6.12. The van der Waals surface area contributed by atoms with Crippen LogP contribution >= 0.6 is 0 Å². The average Bonchev–Trinajstić information content (AvgIpc) is 2.53. The van der Waals surface area contributed by atoms with Crippen molar-refractivity contribution in [2.24, 2.45) is 11.8 Å². The molecule has 2 rings (SSSR count). The van der Waals surface area contributed by atoms with Crippen LogP contribution in [-0.2, 0) is 14.8 Å². The molecule has 1 aliphatic rings. The zero-order valence-corrected chi connectivity index (χ0v) is 15.4. The van der Waals surface area contributed by atoms with Crippen molar-refractivity contribution in [1.82, 2.24) is 9.62 Å². The number of hydrogen-bond acceptors (Lipinski definition) is 4. The lowest BCUT2D eigenvalue weighted by atomic mass is 9.94. The minimum Gasteiger partial charge on any atom is -0.480 e. The fourth-order valence-electron chi connectivity index (χ4n) is 3.09. The number of carboxylic acid groups (broad SMARTS) is 1. The van der Waals surface area contributed by atoms with Crippen LogP contribution in [0.4, 0.5) is 0 Å². The Labute approximate surface area is 148 Å². The Balaban J connectivity index is 2.25. The van der Waals surface area contributed by atoms with Gasteiger partial charge in [0.2, 0.25) is 10.0 Å². The number of carboxylic acids is 1. The van der Waals surface area contributed by atoms with Gasteiger partial charge < -0.3 is 10.4 Å². The molecule has 0 radical (unpaired) electrons. The van der Waals surface area contributed by atoms with Crippen LogP contribution in [0.25, 0.3) is 0 Å². The number of benzene rings is 1. The third kappa shape index (κ3) is 4.58. The van der Waals surface area contributed by atoms with Gasteiger partial charge in [0.05, 0.1) is 4.90 Å². The molecule has 8 heteroatoms. The second kappa shape index (κ2) is 7.53. The molecule has 0 aromatic heterocycles. The summed E-state index contributed by atoms with van der Waals surface area (Å²) in [5, 5.41) is 11.2. The second-order valence-electron chi connectivity index (χ2n) is 6.83. The molecule has 1 amide bonds. The van der Waals surface area contributed by atoms with Crippen LogP contribution in [0.2, 0.25) is 0 Å². The fourth-order valence-corrected chi connectivity index (χ4v) is 4.82. The smallest absolute Gasteiger partial charge is 0.325 e. The molecule has 1 aromatic rings. The Morgan fingerprint density at radius 2 is 1.84 bits per heavy atom. The number of carbonyl (C=O) groups excluding carboxylic acids is 1. The lowest BCUT2D eigenvalue weighted by molar-refractivity contribution is -0.138. The van der Waals surface area contributed by atoms with Crippen LogP contribution in [0.1, 0.15) is 37.6 Å². The maximum Gasteiger partial charge on any atom is 0.325 e. The van der Waals surface area contributed by atoms with Gasteiger partial charge in [0, 0.05) is 18.7 Å². The van der Waals surface area contributed by atoms with E-state index in [-0.39, 0.29) is 22.3 Å². The number of nitrogens with zero attached hydrogens (tertiary/aromatic N) is 1. The first-order chi connectivity index (χ1) is 11.6. The number of aliphatic carboxylic acids is 1. The van der Waals surface area contributed by atoms with E-state index < -0.39 is 27.9 Å². The number of amides is 1. The van der Waals surface area contributed by atoms with Crippen molar-refractivity contribution >= 4 is 21.9 Å². The van der Waals surface area contributed by atoms with Crippen molar-refractivity contribution in [3.8, 4) is 0 Å². The average molecular weight is 368 g/mol. The standard InChI is InChI=1S/C17H24N2O5S/c1-11-7-12(2)10-19(9-11)25(23,24)15-6-4-5-14(8-15)16(20)18-13(3)17(21)22/h4-6,8,11-13H,7,9-10H2,1-3H3,(H,18,20)(H,21,22)/t11?,12?,13-/m0/s1. The number of sulfonamides is 1. The van der Waals surface area contributed by atoms with Crippen molar-refractivity contribution < 1.29 is 23.1 Å². The molecule has 1 fully saturated rings. The van der Waals surface area contributed by atoms with Gasteiger partial charge in [-0.05, 0) is 43.4 Å². The molecular formula is C17H24N2O5S. The summed E-state index contributed by atoms with van der Waals surface area (Å²) in [6, 6.07) is 4.64. The number of hydrogen-bond donors (Lipinski definition) is 2. The summed E-state index contributed by atoms with van der Waals surface area (Å²) in [6.07, 6.45) is 0.988. The third-order valence-electron chi connectivity index (χ3n) is 4.29. The van der Waals surface area contributed by atoms with Crippen LogP contribution in [0.15, 0.2) is 29.2 Å². The van der Waals surface area contributed by atoms with Gasteiger partial charge in [0.25, 0.3) is 5.91 Å². The first-order valence-electron chi connectivity index (χ1n) is 8.25. The molecule has 138 valence electrons. The zero-order valence-electron chi connectivity index (χ0n) is 14.6. The van der Waals surface area contributed by atoms with Crippen LogP contribution in [0.3, 0.4) is 0 Å². The van der Waals surface area contributed by atoms with Gasteiger partial charge in [-0.25, -0.2) is 8.42 Å². The van der Waals surface area contributed by atoms with E-state index in [1.807, 2.05) is 13.8 Å². The highest BCUT2D eigenvalue weighted by molar-refractivity contribution is 7.89. The monoisotopic (exact) mass is 368 g/mol. The Hall–Kier alpha value is -1.93. The minimum atomic E-state index is -3.69. The molecule has 2 N–H and O–H groups in total. The summed E-state index contributed by atoms with van der Waals surface area (Å²) < 4.78 is 27.2. The molecule has 1 heterocycles. The molecule has 0 spiro atoms. The highest BCUT2D eigenvalue weighted by Gasteiger charge is 2.32. The summed E-state index contributed by atoms with van der Waals surface area (Å²) in [5.74, 6) is -1.22. The van der Waals surface area contributed by atoms with E-state index in [1.165, 1.54) is 35.5 Å². The maximum atomic E-state index is 12.9. The molecule has 25 heavy (non-hydrogen) atoms. The van der Waals surface area contributed by atoms with Gasteiger partial charge in [0.15, 0.2) is 0 Å². The zero-order chi connectivity index (χ0) is 18.8. The summed E-state index contributed by atoms with van der Waals surface area (Å²) in [5.41, 5.74) is 0.118. The molecule has 0 aliphatic carbocycles. The highest BCUT2D eigenvalue weighted by Crippen LogP contribution is 2.27. The quantitative estimate of drug-likeness (QED) is 0.821. The first kappa shape index (κ1) is 19.4. The molecule has 1 saturated heterocycles. The summed E-state index contributed by atoms with van der Waals surface area (Å²) in [7, 11) is -3.69. The normalized spacial score (nSPS) is 23.0. The van der Waals surface area contributed by atoms with Gasteiger partial charge in [-0.1, -0.05) is 19.9 Å². The van der Waals surface area contributed by atoms with E-state index >= 15 is 0 Å². The summed E-state index contributed by atoms with van der Waals surface area (Å²) in [4.78, 5) is 23.0. The molecule has 1 aliphatic heterocycles. The fraction of sp³-hybridized carbons (Fsp3) is 0.529. The molecule has 0 bridgehead atoms. The SMILES string of the molecule is CC1CC(C)CN(S(=O)(=O)c2cccc(C(=O)N[C@@H](C)C(=O)O)c2)C1. The van der Waals surface area contributed by atoms with E-state index in [0.717, 1.165) is 6.42 Å². The molecule has 0 saturated carbocycles. The van der Waals surface area contributed by atoms with Gasteiger partial charge >= 0.3 is 5.97 Å². The van der Waals surface area contributed by atoms with Crippen molar-refractivity contribution in [1.29, 1.82) is 0 Å². The second-order valence-corrected chi connectivity index (χ2v) is 8.77. The molecule has 3 atom stereocenters. The number of piperidine rings is 1. The van der Waals surface area contributed by atoms with Gasteiger partial charge in [0.1, 0.15) is 6.04 Å². The largest absolute Gasteiger partial charge is 0.480 e. The Morgan fingerprint density at radius 1 is 1.24 bits per heavy atom. The van der Waals surface area contributed by atoms with E-state index in [4.69, 9.17) is 5.11 Å². The first-order valence-corrected chi connectivity index (χ1v) is 9.69. The molecule has 7 nitrogen and oxygen atoms in total. The molecule has 2 unspecified atom stereocenters. The van der Waals surface area contributed by atoms with Crippen molar-refractivity contribution in [2.75, 3.05) is 13.1 Å². The Morgan fingerprint density at radius 3 is 2.40 bits per heavy atom. The minimum absolute atomic E-state index is 0.0458. The Bertz CT molecular complexity index is 752. The predicted molar refractivity (Wildman–Crippen MR) is 92.7 cm³/mol. The van der Waals surface area contributed by atoms with E-state index in [0.29, 0.717) is 13.1 Å². The van der Waals surface area contributed by atoms with Crippen molar-refractivity contribution in [3.05, 3.63) is 29.8 Å². The van der Waals surface area contributed by atoms with E-state index in [1.54, 1.807) is 0 Å². The highest BCUT2D eigenvalue weighted by atomic mass is 32.2. The lowest BCUT2D eigenvalue weighted by Gasteiger charge is -2.34.